The van der Waals surface area contributed by atoms with Crippen molar-refractivity contribution in [1.29, 1.82) is 0 Å². The van der Waals surface area contributed by atoms with Gasteiger partial charge in [0.25, 0.3) is 0 Å². The third-order valence-corrected chi connectivity index (χ3v) is 2.52. The minimum absolute atomic E-state index is 0.526. The summed E-state index contributed by atoms with van der Waals surface area (Å²) in [5.74, 6) is 0.526. The lowest BCUT2D eigenvalue weighted by atomic mass is 9.93. The molecule has 0 saturated heterocycles. The molecule has 2 rings (SSSR count). The van der Waals surface area contributed by atoms with E-state index >= 15 is 0 Å². The zero-order chi connectivity index (χ0) is 9.26. The van der Waals surface area contributed by atoms with Gasteiger partial charge in [0.1, 0.15) is 0 Å². The van der Waals surface area contributed by atoms with Gasteiger partial charge in [0.15, 0.2) is 0 Å². The predicted octanol–water partition coefficient (Wildman–Crippen LogP) is 3.16. The van der Waals surface area contributed by atoms with E-state index in [2.05, 4.69) is 37.0 Å². The van der Waals surface area contributed by atoms with Gasteiger partial charge in [-0.15, -0.1) is 0 Å². The molecular weight excluding hydrogens is 158 g/mol. The molecular formula is C12H15N. The van der Waals surface area contributed by atoms with Crippen LogP contribution in [0.1, 0.15) is 43.0 Å². The molecule has 1 aromatic rings. The smallest absolute Gasteiger partial charge is 0.0503 e. The molecule has 0 N–H and O–H groups in total. The molecule has 68 valence electrons. The van der Waals surface area contributed by atoms with Crippen LogP contribution in [0, 0.1) is 0 Å². The number of rotatable bonds is 1. The average Bonchev–Trinajstić information content (AvgIpc) is 2.17. The summed E-state index contributed by atoms with van der Waals surface area (Å²) < 4.78 is 0. The van der Waals surface area contributed by atoms with E-state index in [1.807, 2.05) is 6.20 Å². The first-order valence-corrected chi connectivity index (χ1v) is 4.93. The molecule has 0 aromatic carbocycles. The third kappa shape index (κ3) is 1.51. The Hall–Kier alpha value is -1.11. The summed E-state index contributed by atoms with van der Waals surface area (Å²) in [4.78, 5) is 4.44. The van der Waals surface area contributed by atoms with Crippen molar-refractivity contribution in [2.75, 3.05) is 0 Å². The number of pyridine rings is 1. The molecule has 0 unspecified atom stereocenters. The van der Waals surface area contributed by atoms with Gasteiger partial charge in [-0.2, -0.15) is 0 Å². The second kappa shape index (κ2) is 3.33. The molecule has 0 fully saturated rings. The van der Waals surface area contributed by atoms with Crippen molar-refractivity contribution in [3.05, 3.63) is 35.2 Å². The van der Waals surface area contributed by atoms with Gasteiger partial charge in [-0.1, -0.05) is 26.0 Å². The van der Waals surface area contributed by atoms with E-state index in [1.54, 1.807) is 0 Å². The Kier molecular flexibility index (Phi) is 2.17. The summed E-state index contributed by atoms with van der Waals surface area (Å²) in [7, 11) is 0. The fourth-order valence-electron chi connectivity index (χ4n) is 1.84. The van der Waals surface area contributed by atoms with Crippen LogP contribution >= 0.6 is 0 Å². The third-order valence-electron chi connectivity index (χ3n) is 2.52. The lowest BCUT2D eigenvalue weighted by Crippen LogP contribution is -2.03. The highest BCUT2D eigenvalue weighted by molar-refractivity contribution is 5.58. The predicted molar refractivity (Wildman–Crippen MR) is 55.7 cm³/mol. The summed E-state index contributed by atoms with van der Waals surface area (Å²) >= 11 is 0. The van der Waals surface area contributed by atoms with Crippen molar-refractivity contribution < 1.29 is 0 Å². The van der Waals surface area contributed by atoms with Gasteiger partial charge in [-0.05, 0) is 36.0 Å². The molecule has 0 spiro atoms. The molecule has 1 aliphatic rings. The van der Waals surface area contributed by atoms with E-state index in [0.717, 1.165) is 0 Å². The topological polar surface area (TPSA) is 12.9 Å². The molecule has 0 amide bonds. The van der Waals surface area contributed by atoms with Crippen LogP contribution in [0.15, 0.2) is 18.3 Å². The minimum Gasteiger partial charge on any atom is -0.260 e. The highest BCUT2D eigenvalue weighted by Gasteiger charge is 2.11. The van der Waals surface area contributed by atoms with Gasteiger partial charge in [0, 0.05) is 6.20 Å². The number of aryl methyl sites for hydroxylation is 1. The number of fused-ring (bicyclic) bond motifs is 1. The van der Waals surface area contributed by atoms with Crippen LogP contribution in [-0.4, -0.2) is 4.98 Å². The quantitative estimate of drug-likeness (QED) is 0.635. The fourth-order valence-corrected chi connectivity index (χ4v) is 1.84. The Morgan fingerprint density at radius 2 is 2.23 bits per heavy atom. The van der Waals surface area contributed by atoms with E-state index in [1.165, 1.54) is 29.7 Å². The standard InChI is InChI=1S/C12H15N/c1-9(2)12-11-6-4-3-5-10(11)7-8-13-12/h4,6-9H,3,5H2,1-2H3. The maximum atomic E-state index is 4.44. The number of allylic oxidation sites excluding steroid dienone is 1. The second-order valence-electron chi connectivity index (χ2n) is 3.86. The molecule has 1 heterocycles. The summed E-state index contributed by atoms with van der Waals surface area (Å²) in [5.41, 5.74) is 4.07. The molecule has 0 saturated carbocycles. The Balaban J connectivity index is 2.54. The van der Waals surface area contributed by atoms with Gasteiger partial charge >= 0.3 is 0 Å². The van der Waals surface area contributed by atoms with Gasteiger partial charge in [0.05, 0.1) is 5.69 Å². The largest absolute Gasteiger partial charge is 0.260 e. The van der Waals surface area contributed by atoms with Crippen molar-refractivity contribution in [1.82, 2.24) is 4.98 Å². The van der Waals surface area contributed by atoms with Crippen LogP contribution in [0.5, 0.6) is 0 Å². The summed E-state index contributed by atoms with van der Waals surface area (Å²) in [6.07, 6.45) is 8.76. The van der Waals surface area contributed by atoms with Crippen LogP contribution < -0.4 is 0 Å². The van der Waals surface area contributed by atoms with Crippen molar-refractivity contribution in [2.45, 2.75) is 32.6 Å². The van der Waals surface area contributed by atoms with Crippen LogP contribution in [0.2, 0.25) is 0 Å². The molecule has 0 atom stereocenters. The number of hydrogen-bond acceptors (Lipinski definition) is 1. The number of nitrogens with zero attached hydrogens (tertiary/aromatic N) is 1. The highest BCUT2D eigenvalue weighted by atomic mass is 14.7. The first-order valence-electron chi connectivity index (χ1n) is 4.93. The van der Waals surface area contributed by atoms with Gasteiger partial charge in [-0.3, -0.25) is 4.98 Å². The Bertz CT molecular complexity index is 337. The first-order chi connectivity index (χ1) is 6.29. The fraction of sp³-hybridized carbons (Fsp3) is 0.417. The highest BCUT2D eigenvalue weighted by Crippen LogP contribution is 2.25. The lowest BCUT2D eigenvalue weighted by molar-refractivity contribution is 0.808. The SMILES string of the molecule is CC(C)c1nccc2c1C=CCC2. The first kappa shape index (κ1) is 8.49. The normalized spacial score (nSPS) is 14.7. The van der Waals surface area contributed by atoms with Gasteiger partial charge in [-0.25, -0.2) is 0 Å². The van der Waals surface area contributed by atoms with Gasteiger partial charge in [0.2, 0.25) is 0 Å². The van der Waals surface area contributed by atoms with E-state index in [0.29, 0.717) is 5.92 Å². The molecule has 13 heavy (non-hydrogen) atoms. The Labute approximate surface area is 79.5 Å². The van der Waals surface area contributed by atoms with Crippen LogP contribution in [0.3, 0.4) is 0 Å². The molecule has 0 aliphatic heterocycles. The monoisotopic (exact) mass is 173 g/mol. The van der Waals surface area contributed by atoms with E-state index < -0.39 is 0 Å². The molecule has 1 nitrogen and oxygen atoms in total. The maximum absolute atomic E-state index is 4.44. The molecule has 1 aliphatic carbocycles. The molecule has 1 aromatic heterocycles. The number of hydrogen-bond donors (Lipinski definition) is 0. The lowest BCUT2D eigenvalue weighted by Gasteiger charge is -2.15. The molecule has 0 radical (unpaired) electrons. The number of aromatic nitrogens is 1. The zero-order valence-corrected chi connectivity index (χ0v) is 8.25. The van der Waals surface area contributed by atoms with Crippen LogP contribution in [-0.2, 0) is 6.42 Å². The minimum atomic E-state index is 0.526. The van der Waals surface area contributed by atoms with Crippen molar-refractivity contribution in [3.8, 4) is 0 Å². The Morgan fingerprint density at radius 3 is 3.00 bits per heavy atom. The van der Waals surface area contributed by atoms with Crippen LogP contribution in [0.25, 0.3) is 6.08 Å². The summed E-state index contributed by atoms with van der Waals surface area (Å²) in [6.45, 7) is 4.40. The van der Waals surface area contributed by atoms with Crippen molar-refractivity contribution in [3.63, 3.8) is 0 Å². The summed E-state index contributed by atoms with van der Waals surface area (Å²) in [5, 5.41) is 0. The van der Waals surface area contributed by atoms with E-state index in [9.17, 15) is 0 Å². The van der Waals surface area contributed by atoms with Gasteiger partial charge < -0.3 is 0 Å². The Morgan fingerprint density at radius 1 is 1.38 bits per heavy atom. The zero-order valence-electron chi connectivity index (χ0n) is 8.25. The van der Waals surface area contributed by atoms with Crippen LogP contribution in [0.4, 0.5) is 0 Å². The maximum Gasteiger partial charge on any atom is 0.0503 e. The van der Waals surface area contributed by atoms with Crippen molar-refractivity contribution >= 4 is 6.08 Å². The molecule has 0 bridgehead atoms. The average molecular weight is 173 g/mol. The molecule has 1 heteroatoms. The summed E-state index contributed by atoms with van der Waals surface area (Å²) in [6, 6.07) is 2.14. The van der Waals surface area contributed by atoms with E-state index in [4.69, 9.17) is 0 Å². The van der Waals surface area contributed by atoms with Crippen molar-refractivity contribution in [2.24, 2.45) is 0 Å². The van der Waals surface area contributed by atoms with E-state index in [-0.39, 0.29) is 0 Å². The second-order valence-corrected chi connectivity index (χ2v) is 3.86.